The van der Waals surface area contributed by atoms with E-state index in [1.165, 1.54) is 0 Å². The maximum absolute atomic E-state index is 17.3. The van der Waals surface area contributed by atoms with Crippen molar-refractivity contribution < 1.29 is 65.8 Å². The summed E-state index contributed by atoms with van der Waals surface area (Å²) in [5.74, 6) is -42.5. The lowest BCUT2D eigenvalue weighted by atomic mass is 9.30. The minimum absolute atomic E-state index is 0.00322. The van der Waals surface area contributed by atoms with Crippen molar-refractivity contribution in [2.45, 2.75) is 59.3 Å². The van der Waals surface area contributed by atoms with Crippen molar-refractivity contribution in [2.75, 3.05) is 18.5 Å². The molecule has 47 heavy (non-hydrogen) atoms. The molecule has 0 spiro atoms. The molecule has 0 atom stereocenters. The van der Waals surface area contributed by atoms with Crippen LogP contribution in [0.1, 0.15) is 59.3 Å². The molecule has 0 fully saturated rings. The molecule has 17 heteroatoms. The fourth-order valence-electron chi connectivity index (χ4n) is 5.83. The van der Waals surface area contributed by atoms with E-state index in [0.29, 0.717) is 19.3 Å². The molecule has 0 aliphatic rings. The highest BCUT2D eigenvalue weighted by Crippen LogP contribution is 2.60. The van der Waals surface area contributed by atoms with E-state index < -0.39 is 117 Å². The molecule has 0 aromatic heterocycles. The van der Waals surface area contributed by atoms with E-state index in [1.54, 1.807) is 20.8 Å². The van der Waals surface area contributed by atoms with Crippen LogP contribution in [-0.2, 0) is 0 Å². The molecule has 0 aliphatic carbocycles. The van der Waals surface area contributed by atoms with Crippen LogP contribution >= 0.6 is 7.26 Å². The standard InChI is InChI=1S/C30H27BF15P/c1-4-7-10-47(11-8-5-2,12-9-6-3)30-28(44)20(36)15(21(37)29(30)45)31(46,13-16(32)22(38)26(42)23(39)17(13)33)14-18(34)24(40)27(43)25(41)19(14)35/h4-12H2,1-3H3. The second-order valence-corrected chi connectivity index (χ2v) is 15.2. The number of hydrogen-bond acceptors (Lipinski definition) is 0. The SMILES string of the molecule is CCCC[P+](CCCC)(CCCC)c1c(F)c(F)c([B-](F)(c2c(F)c(F)c(F)c(F)c2F)c2c(F)c(F)c(F)c(F)c2F)c(F)c1F. The molecular weight excluding hydrogens is 687 g/mol. The van der Waals surface area contributed by atoms with Gasteiger partial charge in [0.25, 0.3) is 6.42 Å². The van der Waals surface area contributed by atoms with Gasteiger partial charge in [0.05, 0.1) is 25.7 Å². The van der Waals surface area contributed by atoms with Crippen LogP contribution in [0.2, 0.25) is 0 Å². The summed E-state index contributed by atoms with van der Waals surface area (Å²) in [6.07, 6.45) is -4.70. The molecule has 0 aliphatic heterocycles. The Morgan fingerprint density at radius 2 is 0.574 bits per heavy atom. The summed E-state index contributed by atoms with van der Waals surface area (Å²) in [7, 11) is -3.31. The Morgan fingerprint density at radius 1 is 0.362 bits per heavy atom. The summed E-state index contributed by atoms with van der Waals surface area (Å²) in [5, 5.41) is -1.22. The van der Waals surface area contributed by atoms with Gasteiger partial charge in [0.2, 0.25) is 11.6 Å². The van der Waals surface area contributed by atoms with Gasteiger partial charge in [-0.15, -0.1) is 0 Å². The van der Waals surface area contributed by atoms with Gasteiger partial charge in [0.1, 0.15) is 34.9 Å². The second-order valence-electron chi connectivity index (χ2n) is 11.1. The Kier molecular flexibility index (Phi) is 12.1. The molecule has 3 aromatic carbocycles. The minimum atomic E-state index is -6.82. The van der Waals surface area contributed by atoms with Crippen molar-refractivity contribution >= 4 is 35.4 Å². The zero-order valence-electron chi connectivity index (χ0n) is 25.1. The number of hydrogen-bond donors (Lipinski definition) is 0. The van der Waals surface area contributed by atoms with Crippen LogP contribution in [0.25, 0.3) is 0 Å². The third-order valence-electron chi connectivity index (χ3n) is 8.25. The van der Waals surface area contributed by atoms with E-state index in [-0.39, 0.29) is 37.7 Å². The van der Waals surface area contributed by atoms with E-state index in [1.807, 2.05) is 0 Å². The van der Waals surface area contributed by atoms with Crippen molar-refractivity contribution in [3.63, 3.8) is 0 Å². The molecule has 0 amide bonds. The smallest absolute Gasteiger partial charge is 0.251 e. The topological polar surface area (TPSA) is 0 Å². The normalized spacial score (nSPS) is 12.4. The Balaban J connectivity index is 2.69. The number of rotatable bonds is 13. The van der Waals surface area contributed by atoms with Crippen LogP contribution in [0.4, 0.5) is 65.8 Å². The van der Waals surface area contributed by atoms with Crippen LogP contribution in [0.3, 0.4) is 0 Å². The Morgan fingerprint density at radius 3 is 0.809 bits per heavy atom. The summed E-state index contributed by atoms with van der Waals surface area (Å²) in [5.41, 5.74) is -9.27. The van der Waals surface area contributed by atoms with E-state index in [0.717, 1.165) is 0 Å². The fourth-order valence-corrected chi connectivity index (χ4v) is 11.0. The lowest BCUT2D eigenvalue weighted by molar-refractivity contribution is 0.380. The quantitative estimate of drug-likeness (QED) is 0.0548. The van der Waals surface area contributed by atoms with Crippen LogP contribution < -0.4 is 21.7 Å². The van der Waals surface area contributed by atoms with Gasteiger partial charge in [-0.3, -0.25) is 0 Å². The van der Waals surface area contributed by atoms with Crippen LogP contribution in [0.15, 0.2) is 0 Å². The number of benzene rings is 3. The molecule has 0 radical (unpaired) electrons. The Labute approximate surface area is 260 Å². The zero-order chi connectivity index (χ0) is 35.8. The molecule has 0 bridgehead atoms. The summed E-state index contributed by atoms with van der Waals surface area (Å²) < 4.78 is 227. The number of halogens is 15. The van der Waals surface area contributed by atoms with E-state index in [4.69, 9.17) is 0 Å². The van der Waals surface area contributed by atoms with Crippen LogP contribution in [0.5, 0.6) is 0 Å². The third kappa shape index (κ3) is 6.23. The van der Waals surface area contributed by atoms with E-state index >= 15 is 39.4 Å². The summed E-state index contributed by atoms with van der Waals surface area (Å²) in [6, 6.07) is 0. The van der Waals surface area contributed by atoms with Crippen molar-refractivity contribution in [3.05, 3.63) is 81.4 Å². The molecule has 0 nitrogen and oxygen atoms in total. The van der Waals surface area contributed by atoms with E-state index in [9.17, 15) is 26.3 Å². The van der Waals surface area contributed by atoms with Crippen LogP contribution in [0, 0.1) is 81.4 Å². The van der Waals surface area contributed by atoms with Gasteiger partial charge in [0.15, 0.2) is 40.2 Å². The molecule has 0 saturated heterocycles. The second kappa shape index (κ2) is 14.7. The average Bonchev–Trinajstić information content (AvgIpc) is 3.04. The van der Waals surface area contributed by atoms with Gasteiger partial charge in [-0.25, -0.2) is 52.7 Å². The summed E-state index contributed by atoms with van der Waals surface area (Å²) in [4.78, 5) is 0. The maximum atomic E-state index is 17.3. The molecular formula is C30H27BF15P. The first-order chi connectivity index (χ1) is 21.9. The first-order valence-corrected chi connectivity index (χ1v) is 16.9. The molecule has 260 valence electrons. The Bertz CT molecular complexity index is 1500. The van der Waals surface area contributed by atoms with Gasteiger partial charge in [-0.1, -0.05) is 56.4 Å². The van der Waals surface area contributed by atoms with Crippen molar-refractivity contribution in [2.24, 2.45) is 0 Å². The van der Waals surface area contributed by atoms with Crippen molar-refractivity contribution in [3.8, 4) is 0 Å². The zero-order valence-corrected chi connectivity index (χ0v) is 26.0. The lowest BCUT2D eigenvalue weighted by Gasteiger charge is -2.38. The van der Waals surface area contributed by atoms with Gasteiger partial charge in [-0.05, 0) is 19.3 Å². The van der Waals surface area contributed by atoms with Crippen molar-refractivity contribution in [1.82, 2.24) is 0 Å². The van der Waals surface area contributed by atoms with Crippen LogP contribution in [-0.4, -0.2) is 24.9 Å². The first-order valence-electron chi connectivity index (χ1n) is 14.5. The molecule has 0 N–H and O–H groups in total. The average molecular weight is 714 g/mol. The fraction of sp³-hybridized carbons (Fsp3) is 0.400. The highest BCUT2D eigenvalue weighted by atomic mass is 31.2. The third-order valence-corrected chi connectivity index (χ3v) is 13.1. The molecule has 3 rings (SSSR count). The molecule has 0 saturated carbocycles. The van der Waals surface area contributed by atoms with Crippen molar-refractivity contribution in [1.29, 1.82) is 0 Å². The first kappa shape index (κ1) is 38.6. The lowest BCUT2D eigenvalue weighted by Crippen LogP contribution is -2.70. The predicted molar refractivity (Wildman–Crippen MR) is 150 cm³/mol. The highest BCUT2D eigenvalue weighted by Gasteiger charge is 2.52. The largest absolute Gasteiger partial charge is 0.498 e. The molecule has 0 heterocycles. The maximum Gasteiger partial charge on any atom is 0.251 e. The number of unbranched alkanes of at least 4 members (excludes halogenated alkanes) is 3. The summed E-state index contributed by atoms with van der Waals surface area (Å²) >= 11 is 0. The van der Waals surface area contributed by atoms with Gasteiger partial charge in [0, 0.05) is 0 Å². The molecule has 0 unspecified atom stereocenters. The van der Waals surface area contributed by atoms with Gasteiger partial charge in [-0.2, -0.15) is 8.78 Å². The monoisotopic (exact) mass is 714 g/mol. The van der Waals surface area contributed by atoms with E-state index in [2.05, 4.69) is 0 Å². The van der Waals surface area contributed by atoms with Gasteiger partial charge < -0.3 is 4.32 Å². The summed E-state index contributed by atoms with van der Waals surface area (Å²) in [6.45, 7) is 5.08. The molecule has 3 aromatic rings. The minimum Gasteiger partial charge on any atom is -0.498 e. The van der Waals surface area contributed by atoms with Gasteiger partial charge >= 0.3 is 0 Å². The highest BCUT2D eigenvalue weighted by molar-refractivity contribution is 7.83. The predicted octanol–water partition coefficient (Wildman–Crippen LogP) is 8.61. The Hall–Kier alpha value is -2.90.